The van der Waals surface area contributed by atoms with Gasteiger partial charge in [-0.15, -0.1) is 0 Å². The van der Waals surface area contributed by atoms with Crippen LogP contribution in [0, 0.1) is 5.82 Å². The first-order chi connectivity index (χ1) is 9.13. The van der Waals surface area contributed by atoms with E-state index in [0.29, 0.717) is 10.6 Å². The van der Waals surface area contributed by atoms with Crippen molar-refractivity contribution in [3.63, 3.8) is 0 Å². The van der Waals surface area contributed by atoms with Gasteiger partial charge in [0.1, 0.15) is 5.82 Å². The minimum atomic E-state index is -0.269. The molecule has 100 valence electrons. The van der Waals surface area contributed by atoms with E-state index >= 15 is 0 Å². The Morgan fingerprint density at radius 1 is 1.11 bits per heavy atom. The summed E-state index contributed by atoms with van der Waals surface area (Å²) >= 11 is 5.80. The van der Waals surface area contributed by atoms with Gasteiger partial charge in [-0.1, -0.05) is 54.9 Å². The second kappa shape index (κ2) is 6.18. The average Bonchev–Trinajstić information content (AvgIpc) is 2.42. The first-order valence-electron chi connectivity index (χ1n) is 6.30. The van der Waals surface area contributed by atoms with Crippen LogP contribution in [-0.4, -0.2) is 7.05 Å². The fraction of sp³-hybridized carbons (Fsp3) is 0.250. The topological polar surface area (TPSA) is 12.0 Å². The van der Waals surface area contributed by atoms with Crippen LogP contribution in [0.1, 0.15) is 30.0 Å². The molecule has 2 unspecified atom stereocenters. The second-order valence-corrected chi connectivity index (χ2v) is 5.07. The Morgan fingerprint density at radius 3 is 2.37 bits per heavy atom. The summed E-state index contributed by atoms with van der Waals surface area (Å²) in [6.45, 7) is 2.09. The maximum absolute atomic E-state index is 14.0. The molecule has 3 heteroatoms. The van der Waals surface area contributed by atoms with Crippen molar-refractivity contribution in [2.75, 3.05) is 7.05 Å². The van der Waals surface area contributed by atoms with Crippen molar-refractivity contribution in [1.82, 2.24) is 5.32 Å². The van der Waals surface area contributed by atoms with E-state index in [-0.39, 0.29) is 17.8 Å². The fourth-order valence-corrected chi connectivity index (χ4v) is 2.54. The summed E-state index contributed by atoms with van der Waals surface area (Å²) in [5, 5.41) is 3.61. The molecular formula is C16H17ClFN. The molecule has 0 bridgehead atoms. The smallest absolute Gasteiger partial charge is 0.129 e. The summed E-state index contributed by atoms with van der Waals surface area (Å²) in [5.41, 5.74) is 1.82. The number of nitrogens with one attached hydrogen (secondary N) is 1. The van der Waals surface area contributed by atoms with Gasteiger partial charge in [-0.3, -0.25) is 0 Å². The molecule has 2 rings (SSSR count). The largest absolute Gasteiger partial charge is 0.312 e. The van der Waals surface area contributed by atoms with Crippen molar-refractivity contribution in [2.24, 2.45) is 0 Å². The van der Waals surface area contributed by atoms with Gasteiger partial charge in [0, 0.05) is 22.5 Å². The molecule has 0 saturated heterocycles. The molecule has 0 aliphatic rings. The normalized spacial score (nSPS) is 14.1. The first-order valence-corrected chi connectivity index (χ1v) is 6.68. The van der Waals surface area contributed by atoms with E-state index in [4.69, 9.17) is 11.6 Å². The Kier molecular flexibility index (Phi) is 4.56. The number of hydrogen-bond acceptors (Lipinski definition) is 1. The molecule has 2 atom stereocenters. The third kappa shape index (κ3) is 3.14. The van der Waals surface area contributed by atoms with Gasteiger partial charge in [0.05, 0.1) is 0 Å². The molecule has 1 nitrogen and oxygen atoms in total. The Labute approximate surface area is 118 Å². The molecule has 0 heterocycles. The summed E-state index contributed by atoms with van der Waals surface area (Å²) in [7, 11) is 1.85. The molecule has 2 aromatic rings. The summed E-state index contributed by atoms with van der Waals surface area (Å²) in [5.74, 6) is -0.100. The third-order valence-corrected chi connectivity index (χ3v) is 3.67. The number of rotatable bonds is 4. The summed E-state index contributed by atoms with van der Waals surface area (Å²) in [6.07, 6.45) is 0. The van der Waals surface area contributed by atoms with Crippen LogP contribution in [-0.2, 0) is 0 Å². The third-order valence-electron chi connectivity index (χ3n) is 3.43. The lowest BCUT2D eigenvalue weighted by Crippen LogP contribution is -2.23. The van der Waals surface area contributed by atoms with Crippen molar-refractivity contribution in [3.8, 4) is 0 Å². The predicted octanol–water partition coefficient (Wildman–Crippen LogP) is 4.54. The number of benzene rings is 2. The van der Waals surface area contributed by atoms with Crippen LogP contribution in [0.2, 0.25) is 5.02 Å². The van der Waals surface area contributed by atoms with Crippen LogP contribution in [0.3, 0.4) is 0 Å². The molecule has 19 heavy (non-hydrogen) atoms. The lowest BCUT2D eigenvalue weighted by molar-refractivity contribution is 0.478. The minimum absolute atomic E-state index is 0.0836. The van der Waals surface area contributed by atoms with Gasteiger partial charge in [0.15, 0.2) is 0 Å². The van der Waals surface area contributed by atoms with Crippen LogP contribution in [0.5, 0.6) is 0 Å². The van der Waals surface area contributed by atoms with E-state index in [0.717, 1.165) is 0 Å². The molecule has 0 fully saturated rings. The Morgan fingerprint density at radius 2 is 1.79 bits per heavy atom. The lowest BCUT2D eigenvalue weighted by Gasteiger charge is -2.25. The van der Waals surface area contributed by atoms with Gasteiger partial charge in [-0.2, -0.15) is 0 Å². The molecule has 0 aliphatic heterocycles. The predicted molar refractivity (Wildman–Crippen MR) is 78.1 cm³/mol. The van der Waals surface area contributed by atoms with Crippen molar-refractivity contribution in [3.05, 3.63) is 70.5 Å². The molecule has 0 aromatic heterocycles. The van der Waals surface area contributed by atoms with Crippen LogP contribution >= 0.6 is 11.6 Å². The molecule has 0 amide bonds. The van der Waals surface area contributed by atoms with Gasteiger partial charge < -0.3 is 5.32 Å². The lowest BCUT2D eigenvalue weighted by atomic mass is 9.88. The van der Waals surface area contributed by atoms with Crippen molar-refractivity contribution >= 4 is 11.6 Å². The quantitative estimate of drug-likeness (QED) is 0.865. The molecule has 0 saturated carbocycles. The highest BCUT2D eigenvalue weighted by atomic mass is 35.5. The summed E-state index contributed by atoms with van der Waals surface area (Å²) in [4.78, 5) is 0. The average molecular weight is 278 g/mol. The maximum Gasteiger partial charge on any atom is 0.129 e. The van der Waals surface area contributed by atoms with Crippen LogP contribution < -0.4 is 5.32 Å². The highest BCUT2D eigenvalue weighted by Crippen LogP contribution is 2.32. The van der Waals surface area contributed by atoms with Crippen LogP contribution in [0.4, 0.5) is 4.39 Å². The van der Waals surface area contributed by atoms with Gasteiger partial charge in [0.25, 0.3) is 0 Å². The highest BCUT2D eigenvalue weighted by Gasteiger charge is 2.22. The Bertz CT molecular complexity index is 542. The highest BCUT2D eigenvalue weighted by molar-refractivity contribution is 6.30. The van der Waals surface area contributed by atoms with Gasteiger partial charge >= 0.3 is 0 Å². The minimum Gasteiger partial charge on any atom is -0.312 e. The molecule has 1 N–H and O–H groups in total. The van der Waals surface area contributed by atoms with Gasteiger partial charge in [-0.05, 0) is 24.7 Å². The number of halogens is 2. The molecule has 2 aromatic carbocycles. The maximum atomic E-state index is 14.0. The van der Waals surface area contributed by atoms with E-state index in [1.54, 1.807) is 12.1 Å². The van der Waals surface area contributed by atoms with E-state index in [9.17, 15) is 4.39 Å². The van der Waals surface area contributed by atoms with Crippen LogP contribution in [0.25, 0.3) is 0 Å². The molecule has 0 radical (unpaired) electrons. The van der Waals surface area contributed by atoms with Gasteiger partial charge in [0.2, 0.25) is 0 Å². The Balaban J connectivity index is 2.34. The number of likely N-dealkylation sites (N-methyl/N-ethyl adjacent to an activating group) is 1. The standard InChI is InChI=1S/C16H17ClFN/c1-11(12-6-4-3-5-7-12)16(19-2)14-9-8-13(17)10-15(14)18/h3-11,16,19H,1-2H3. The zero-order valence-corrected chi connectivity index (χ0v) is 11.8. The zero-order chi connectivity index (χ0) is 13.8. The van der Waals surface area contributed by atoms with Crippen LogP contribution in [0.15, 0.2) is 48.5 Å². The van der Waals surface area contributed by atoms with E-state index in [1.165, 1.54) is 11.6 Å². The molecular weight excluding hydrogens is 261 g/mol. The van der Waals surface area contributed by atoms with Gasteiger partial charge in [-0.25, -0.2) is 4.39 Å². The van der Waals surface area contributed by atoms with Crippen molar-refractivity contribution in [1.29, 1.82) is 0 Å². The first kappa shape index (κ1) is 14.0. The SMILES string of the molecule is CNC(c1ccc(Cl)cc1F)C(C)c1ccccc1. The number of hydrogen-bond donors (Lipinski definition) is 1. The Hall–Kier alpha value is -1.38. The van der Waals surface area contributed by atoms with Crippen molar-refractivity contribution < 1.29 is 4.39 Å². The fourth-order valence-electron chi connectivity index (χ4n) is 2.38. The van der Waals surface area contributed by atoms with E-state index < -0.39 is 0 Å². The molecule has 0 spiro atoms. The zero-order valence-electron chi connectivity index (χ0n) is 11.0. The van der Waals surface area contributed by atoms with E-state index in [2.05, 4.69) is 24.4 Å². The summed E-state index contributed by atoms with van der Waals surface area (Å²) in [6, 6.07) is 14.8. The molecule has 0 aliphatic carbocycles. The second-order valence-electron chi connectivity index (χ2n) is 4.63. The van der Waals surface area contributed by atoms with E-state index in [1.807, 2.05) is 25.2 Å². The monoisotopic (exact) mass is 277 g/mol. The van der Waals surface area contributed by atoms with Crippen molar-refractivity contribution in [2.45, 2.75) is 18.9 Å². The summed E-state index contributed by atoms with van der Waals surface area (Å²) < 4.78 is 14.0.